The number of aliphatic hydroxyl groups excluding tert-OH is 1. The Kier molecular flexibility index (Phi) is 3.64. The lowest BCUT2D eigenvalue weighted by Gasteiger charge is -2.12. The summed E-state index contributed by atoms with van der Waals surface area (Å²) in [5.74, 6) is 0.657. The Labute approximate surface area is 81.3 Å². The predicted molar refractivity (Wildman–Crippen MR) is 48.3 cm³/mol. The van der Waals surface area contributed by atoms with Crippen molar-refractivity contribution in [2.24, 2.45) is 0 Å². The van der Waals surface area contributed by atoms with Crippen molar-refractivity contribution >= 4 is 0 Å². The highest BCUT2D eigenvalue weighted by molar-refractivity contribution is 5.36. The first-order chi connectivity index (χ1) is 6.72. The normalized spacial score (nSPS) is 12.3. The fraction of sp³-hybridized carbons (Fsp3) is 0.444. The van der Waals surface area contributed by atoms with Gasteiger partial charge in [0.15, 0.2) is 0 Å². The van der Waals surface area contributed by atoms with Gasteiger partial charge in [0, 0.05) is 11.6 Å². The minimum atomic E-state index is -1.21. The number of pyridine rings is 1. The number of aliphatic hydroxyl groups is 1. The molecule has 0 fully saturated rings. The summed E-state index contributed by atoms with van der Waals surface area (Å²) in [7, 11) is 2.87. The SMILES string of the molecule is COc1cc(C(O)CF)c(OC)cn1. The van der Waals surface area contributed by atoms with Gasteiger partial charge in [0.1, 0.15) is 18.5 Å². The molecule has 0 aliphatic heterocycles. The number of nitrogens with zero attached hydrogens (tertiary/aromatic N) is 1. The van der Waals surface area contributed by atoms with Crippen LogP contribution in [0, 0.1) is 0 Å². The summed E-state index contributed by atoms with van der Waals surface area (Å²) in [6.45, 7) is -0.872. The molecule has 0 aliphatic rings. The van der Waals surface area contributed by atoms with Crippen molar-refractivity contribution in [3.63, 3.8) is 0 Å². The maximum absolute atomic E-state index is 12.3. The number of hydrogen-bond acceptors (Lipinski definition) is 4. The molecule has 0 saturated carbocycles. The van der Waals surface area contributed by atoms with E-state index in [-0.39, 0.29) is 0 Å². The van der Waals surface area contributed by atoms with Gasteiger partial charge in [0.25, 0.3) is 0 Å². The molecule has 1 unspecified atom stereocenters. The Balaban J connectivity index is 3.08. The molecule has 0 bridgehead atoms. The molecule has 5 heteroatoms. The number of aromatic nitrogens is 1. The van der Waals surface area contributed by atoms with Gasteiger partial charge in [-0.3, -0.25) is 0 Å². The van der Waals surface area contributed by atoms with Gasteiger partial charge in [-0.25, -0.2) is 9.37 Å². The fourth-order valence-electron chi connectivity index (χ4n) is 1.06. The van der Waals surface area contributed by atoms with Crippen LogP contribution >= 0.6 is 0 Å². The molecule has 0 spiro atoms. The maximum Gasteiger partial charge on any atom is 0.213 e. The number of ether oxygens (including phenoxy) is 2. The molecule has 4 nitrogen and oxygen atoms in total. The zero-order chi connectivity index (χ0) is 10.6. The van der Waals surface area contributed by atoms with E-state index in [1.807, 2.05) is 0 Å². The molecule has 1 N–H and O–H groups in total. The lowest BCUT2D eigenvalue weighted by Crippen LogP contribution is -2.03. The lowest BCUT2D eigenvalue weighted by molar-refractivity contribution is 0.138. The molecule has 1 aromatic heterocycles. The van der Waals surface area contributed by atoms with Crippen LogP contribution in [0.15, 0.2) is 12.3 Å². The summed E-state index contributed by atoms with van der Waals surface area (Å²) in [6.07, 6.45) is 0.175. The van der Waals surface area contributed by atoms with E-state index in [0.717, 1.165) is 0 Å². The number of hydrogen-bond donors (Lipinski definition) is 1. The van der Waals surface area contributed by atoms with Gasteiger partial charge in [-0.1, -0.05) is 0 Å². The van der Waals surface area contributed by atoms with Crippen molar-refractivity contribution in [1.29, 1.82) is 0 Å². The van der Waals surface area contributed by atoms with Crippen molar-refractivity contribution in [3.05, 3.63) is 17.8 Å². The maximum atomic E-state index is 12.3. The molecule has 14 heavy (non-hydrogen) atoms. The van der Waals surface area contributed by atoms with Crippen LogP contribution in [0.4, 0.5) is 4.39 Å². The van der Waals surface area contributed by atoms with Crippen LogP contribution in [-0.2, 0) is 0 Å². The average molecular weight is 201 g/mol. The van der Waals surface area contributed by atoms with E-state index < -0.39 is 12.8 Å². The van der Waals surface area contributed by atoms with E-state index in [1.165, 1.54) is 26.5 Å². The highest BCUT2D eigenvalue weighted by atomic mass is 19.1. The lowest BCUT2D eigenvalue weighted by atomic mass is 10.1. The van der Waals surface area contributed by atoms with Gasteiger partial charge in [-0.2, -0.15) is 0 Å². The first-order valence-electron chi connectivity index (χ1n) is 4.04. The first-order valence-corrected chi connectivity index (χ1v) is 4.04. The zero-order valence-corrected chi connectivity index (χ0v) is 8.03. The molecule has 0 saturated heterocycles. The van der Waals surface area contributed by atoms with Gasteiger partial charge in [0.05, 0.1) is 20.4 Å². The van der Waals surface area contributed by atoms with Gasteiger partial charge >= 0.3 is 0 Å². The summed E-state index contributed by atoms with van der Waals surface area (Å²) >= 11 is 0. The Morgan fingerprint density at radius 2 is 2.21 bits per heavy atom. The third-order valence-electron chi connectivity index (χ3n) is 1.81. The van der Waals surface area contributed by atoms with Gasteiger partial charge in [-0.05, 0) is 0 Å². The van der Waals surface area contributed by atoms with Crippen molar-refractivity contribution in [2.45, 2.75) is 6.10 Å². The molecule has 1 rings (SSSR count). The summed E-state index contributed by atoms with van der Waals surface area (Å²) < 4.78 is 22.0. The molecular weight excluding hydrogens is 189 g/mol. The first kappa shape index (κ1) is 10.7. The van der Waals surface area contributed by atoms with E-state index in [1.54, 1.807) is 0 Å². The molecule has 0 amide bonds. The standard InChI is InChI=1S/C9H12FNO3/c1-13-8-5-11-9(14-2)3-6(8)7(12)4-10/h3,5,7,12H,4H2,1-2H3. The molecule has 0 aliphatic carbocycles. The second-order valence-electron chi connectivity index (χ2n) is 2.64. The van der Waals surface area contributed by atoms with E-state index in [0.29, 0.717) is 17.2 Å². The van der Waals surface area contributed by atoms with Crippen LogP contribution < -0.4 is 9.47 Å². The third-order valence-corrected chi connectivity index (χ3v) is 1.81. The van der Waals surface area contributed by atoms with E-state index in [4.69, 9.17) is 9.47 Å². The van der Waals surface area contributed by atoms with Crippen molar-refractivity contribution in [3.8, 4) is 11.6 Å². The monoisotopic (exact) mass is 201 g/mol. The summed E-state index contributed by atoms with van der Waals surface area (Å²) in [5, 5.41) is 9.32. The number of rotatable bonds is 4. The Morgan fingerprint density at radius 3 is 2.71 bits per heavy atom. The van der Waals surface area contributed by atoms with Crippen LogP contribution in [0.1, 0.15) is 11.7 Å². The molecule has 0 radical (unpaired) electrons. The molecule has 1 aromatic rings. The number of methoxy groups -OCH3 is 2. The second kappa shape index (κ2) is 4.76. The predicted octanol–water partition coefficient (Wildman–Crippen LogP) is 1.10. The average Bonchev–Trinajstić information content (AvgIpc) is 2.27. The van der Waals surface area contributed by atoms with Gasteiger partial charge in [-0.15, -0.1) is 0 Å². The largest absolute Gasteiger partial charge is 0.495 e. The molecule has 0 aromatic carbocycles. The van der Waals surface area contributed by atoms with Gasteiger partial charge < -0.3 is 14.6 Å². The van der Waals surface area contributed by atoms with E-state index >= 15 is 0 Å². The Hall–Kier alpha value is -1.36. The van der Waals surface area contributed by atoms with E-state index in [9.17, 15) is 9.50 Å². The topological polar surface area (TPSA) is 51.6 Å². The third kappa shape index (κ3) is 2.11. The number of halogens is 1. The van der Waals surface area contributed by atoms with Crippen LogP contribution in [0.5, 0.6) is 11.6 Å². The zero-order valence-electron chi connectivity index (χ0n) is 8.03. The molecule has 78 valence electrons. The Bertz CT molecular complexity index is 306. The fourth-order valence-corrected chi connectivity index (χ4v) is 1.06. The van der Waals surface area contributed by atoms with Crippen molar-refractivity contribution < 1.29 is 19.0 Å². The minimum Gasteiger partial charge on any atom is -0.495 e. The van der Waals surface area contributed by atoms with Crippen LogP contribution in [0.2, 0.25) is 0 Å². The molecular formula is C9H12FNO3. The van der Waals surface area contributed by atoms with Crippen LogP contribution in [0.25, 0.3) is 0 Å². The second-order valence-corrected chi connectivity index (χ2v) is 2.64. The highest BCUT2D eigenvalue weighted by Crippen LogP contribution is 2.27. The van der Waals surface area contributed by atoms with Crippen LogP contribution in [-0.4, -0.2) is 31.0 Å². The van der Waals surface area contributed by atoms with Crippen molar-refractivity contribution in [1.82, 2.24) is 4.98 Å². The number of alkyl halides is 1. The summed E-state index contributed by atoms with van der Waals surface area (Å²) in [5.41, 5.74) is 0.335. The summed E-state index contributed by atoms with van der Waals surface area (Å²) in [4.78, 5) is 3.86. The van der Waals surface area contributed by atoms with E-state index in [2.05, 4.69) is 4.98 Å². The summed E-state index contributed by atoms with van der Waals surface area (Å²) in [6, 6.07) is 1.45. The van der Waals surface area contributed by atoms with Gasteiger partial charge in [0.2, 0.25) is 5.88 Å². The smallest absolute Gasteiger partial charge is 0.213 e. The van der Waals surface area contributed by atoms with Crippen molar-refractivity contribution in [2.75, 3.05) is 20.9 Å². The Morgan fingerprint density at radius 1 is 1.50 bits per heavy atom. The highest BCUT2D eigenvalue weighted by Gasteiger charge is 2.14. The quantitative estimate of drug-likeness (QED) is 0.792. The molecule has 1 heterocycles. The minimum absolute atomic E-state index is 0.313. The van der Waals surface area contributed by atoms with Crippen LogP contribution in [0.3, 0.4) is 0 Å². The molecule has 1 atom stereocenters.